The highest BCUT2D eigenvalue weighted by Crippen LogP contribution is 2.27. The van der Waals surface area contributed by atoms with Crippen LogP contribution in [0.1, 0.15) is 11.3 Å². The second-order valence-electron chi connectivity index (χ2n) is 2.75. The zero-order chi connectivity index (χ0) is 10.7. The number of aryl methyl sites for hydroxylation is 1. The molecule has 0 atom stereocenters. The Balaban J connectivity index is 2.29. The monoisotopic (exact) mass is 234 g/mol. The Bertz CT molecular complexity index is 501. The quantitative estimate of drug-likeness (QED) is 0.797. The van der Waals surface area contributed by atoms with E-state index in [9.17, 15) is 0 Å². The molecule has 2 aromatic rings. The molecule has 0 radical (unpaired) electrons. The van der Waals surface area contributed by atoms with Crippen molar-refractivity contribution in [2.24, 2.45) is 0 Å². The molecule has 74 valence electrons. The van der Waals surface area contributed by atoms with Gasteiger partial charge in [-0.1, -0.05) is 11.3 Å². The smallest absolute Gasteiger partial charge is 0.180 e. The van der Waals surface area contributed by atoms with Crippen molar-refractivity contribution in [1.29, 1.82) is 5.26 Å². The van der Waals surface area contributed by atoms with E-state index in [1.807, 2.05) is 6.92 Å². The first-order valence-corrected chi connectivity index (χ1v) is 5.80. The second-order valence-corrected chi connectivity index (χ2v) is 4.85. The highest BCUT2D eigenvalue weighted by Gasteiger charge is 2.04. The molecule has 0 bridgehead atoms. The summed E-state index contributed by atoms with van der Waals surface area (Å²) in [5, 5.41) is 17.2. The molecule has 0 saturated heterocycles. The molecule has 2 heterocycles. The van der Waals surface area contributed by atoms with Crippen LogP contribution in [-0.2, 0) is 0 Å². The molecule has 2 rings (SSSR count). The maximum absolute atomic E-state index is 8.80. The largest absolute Gasteiger partial charge is 0.246 e. The van der Waals surface area contributed by atoms with Gasteiger partial charge in [0.1, 0.15) is 10.5 Å². The van der Waals surface area contributed by atoms with Crippen LogP contribution in [0.15, 0.2) is 27.0 Å². The zero-order valence-corrected chi connectivity index (χ0v) is 9.47. The van der Waals surface area contributed by atoms with Gasteiger partial charge in [-0.05, 0) is 30.8 Å². The number of rotatable bonds is 2. The molecule has 6 heteroatoms. The van der Waals surface area contributed by atoms with E-state index in [4.69, 9.17) is 5.26 Å². The molecule has 0 aliphatic carbocycles. The zero-order valence-electron chi connectivity index (χ0n) is 7.84. The van der Waals surface area contributed by atoms with Crippen molar-refractivity contribution in [3.63, 3.8) is 0 Å². The molecule has 15 heavy (non-hydrogen) atoms. The molecule has 4 nitrogen and oxygen atoms in total. The predicted molar refractivity (Wildman–Crippen MR) is 57.7 cm³/mol. The van der Waals surface area contributed by atoms with Gasteiger partial charge < -0.3 is 0 Å². The van der Waals surface area contributed by atoms with Crippen LogP contribution in [0.5, 0.6) is 0 Å². The van der Waals surface area contributed by atoms with Gasteiger partial charge in [-0.15, -0.1) is 10.2 Å². The highest BCUT2D eigenvalue weighted by atomic mass is 32.2. The number of nitriles is 1. The summed E-state index contributed by atoms with van der Waals surface area (Å²) in [5.74, 6) is 0. The van der Waals surface area contributed by atoms with Crippen molar-refractivity contribution in [1.82, 2.24) is 15.2 Å². The lowest BCUT2D eigenvalue weighted by molar-refractivity contribution is 1.00. The topological polar surface area (TPSA) is 62.5 Å². The summed E-state index contributed by atoms with van der Waals surface area (Å²) in [6, 6.07) is 5.61. The standard InChI is InChI=1S/C9H6N4S2/c1-6-2-7(4-10)3-8(12-6)15-9-13-11-5-14-9/h2-3,5H,1H3. The van der Waals surface area contributed by atoms with E-state index >= 15 is 0 Å². The van der Waals surface area contributed by atoms with Crippen LogP contribution in [0.2, 0.25) is 0 Å². The molecule has 0 aliphatic rings. The Morgan fingerprint density at radius 3 is 3.00 bits per heavy atom. The van der Waals surface area contributed by atoms with Crippen LogP contribution in [0.3, 0.4) is 0 Å². The van der Waals surface area contributed by atoms with Gasteiger partial charge in [0.2, 0.25) is 0 Å². The van der Waals surface area contributed by atoms with Crippen molar-refractivity contribution in [3.8, 4) is 6.07 Å². The van der Waals surface area contributed by atoms with Gasteiger partial charge in [-0.25, -0.2) is 4.98 Å². The number of hydrogen-bond acceptors (Lipinski definition) is 6. The fourth-order valence-corrected chi connectivity index (χ4v) is 2.55. The fourth-order valence-electron chi connectivity index (χ4n) is 1.05. The summed E-state index contributed by atoms with van der Waals surface area (Å²) in [4.78, 5) is 4.31. The van der Waals surface area contributed by atoms with E-state index in [1.54, 1.807) is 17.6 Å². The Labute approximate surface area is 95.0 Å². The summed E-state index contributed by atoms with van der Waals surface area (Å²) in [7, 11) is 0. The van der Waals surface area contributed by atoms with Crippen LogP contribution in [-0.4, -0.2) is 15.2 Å². The maximum atomic E-state index is 8.80. The molecular weight excluding hydrogens is 228 g/mol. The van der Waals surface area contributed by atoms with Crippen molar-refractivity contribution >= 4 is 23.1 Å². The third-order valence-electron chi connectivity index (χ3n) is 1.59. The number of hydrogen-bond donors (Lipinski definition) is 0. The second kappa shape index (κ2) is 4.38. The Morgan fingerprint density at radius 2 is 2.33 bits per heavy atom. The van der Waals surface area contributed by atoms with Crippen LogP contribution >= 0.6 is 23.1 Å². The van der Waals surface area contributed by atoms with Crippen molar-refractivity contribution in [2.75, 3.05) is 0 Å². The minimum atomic E-state index is 0.620. The number of aromatic nitrogens is 3. The lowest BCUT2D eigenvalue weighted by atomic mass is 10.2. The number of pyridine rings is 1. The van der Waals surface area contributed by atoms with Gasteiger partial charge in [0.25, 0.3) is 0 Å². The molecule has 0 N–H and O–H groups in total. The first kappa shape index (κ1) is 10.1. The van der Waals surface area contributed by atoms with Crippen LogP contribution in [0.4, 0.5) is 0 Å². The molecule has 2 aromatic heterocycles. The summed E-state index contributed by atoms with van der Waals surface area (Å²) in [6.07, 6.45) is 0. The average Bonchev–Trinajstić information content (AvgIpc) is 2.69. The van der Waals surface area contributed by atoms with E-state index in [0.717, 1.165) is 15.1 Å². The van der Waals surface area contributed by atoms with E-state index in [2.05, 4.69) is 21.3 Å². The Kier molecular flexibility index (Phi) is 2.94. The predicted octanol–water partition coefficient (Wildman–Crippen LogP) is 2.26. The first-order valence-electron chi connectivity index (χ1n) is 4.11. The van der Waals surface area contributed by atoms with E-state index in [-0.39, 0.29) is 0 Å². The van der Waals surface area contributed by atoms with Crippen molar-refractivity contribution in [3.05, 3.63) is 28.9 Å². The average molecular weight is 234 g/mol. The summed E-state index contributed by atoms with van der Waals surface area (Å²) in [6.45, 7) is 1.87. The maximum Gasteiger partial charge on any atom is 0.180 e. The van der Waals surface area contributed by atoms with Gasteiger partial charge >= 0.3 is 0 Å². The molecule has 0 spiro atoms. The lowest BCUT2D eigenvalue weighted by Gasteiger charge is -1.99. The molecule has 0 aliphatic heterocycles. The van der Waals surface area contributed by atoms with E-state index in [1.165, 1.54) is 23.1 Å². The van der Waals surface area contributed by atoms with E-state index < -0.39 is 0 Å². The third-order valence-corrected chi connectivity index (χ3v) is 3.29. The Morgan fingerprint density at radius 1 is 1.47 bits per heavy atom. The SMILES string of the molecule is Cc1cc(C#N)cc(Sc2nncs2)n1. The number of nitrogens with zero attached hydrogens (tertiary/aromatic N) is 4. The minimum Gasteiger partial charge on any atom is -0.246 e. The lowest BCUT2D eigenvalue weighted by Crippen LogP contribution is -1.87. The van der Waals surface area contributed by atoms with E-state index in [0.29, 0.717) is 5.56 Å². The summed E-state index contributed by atoms with van der Waals surface area (Å²) in [5.41, 5.74) is 3.12. The molecular formula is C9H6N4S2. The van der Waals surface area contributed by atoms with Crippen LogP contribution in [0.25, 0.3) is 0 Å². The fraction of sp³-hybridized carbons (Fsp3) is 0.111. The molecule has 0 amide bonds. The first-order chi connectivity index (χ1) is 7.28. The van der Waals surface area contributed by atoms with Gasteiger partial charge in [0, 0.05) is 5.69 Å². The Hall–Kier alpha value is -1.45. The molecule has 0 aromatic carbocycles. The minimum absolute atomic E-state index is 0.620. The van der Waals surface area contributed by atoms with Gasteiger partial charge in [0.15, 0.2) is 4.34 Å². The third kappa shape index (κ3) is 2.52. The summed E-state index contributed by atoms with van der Waals surface area (Å²) < 4.78 is 0.831. The van der Waals surface area contributed by atoms with Gasteiger partial charge in [-0.2, -0.15) is 5.26 Å². The molecule has 0 unspecified atom stereocenters. The summed E-state index contributed by atoms with van der Waals surface area (Å²) >= 11 is 2.88. The van der Waals surface area contributed by atoms with Crippen molar-refractivity contribution in [2.45, 2.75) is 16.3 Å². The van der Waals surface area contributed by atoms with Gasteiger partial charge in [0.05, 0.1) is 11.6 Å². The normalized spacial score (nSPS) is 9.87. The molecule has 0 fully saturated rings. The highest BCUT2D eigenvalue weighted by molar-refractivity contribution is 8.00. The molecule has 0 saturated carbocycles. The van der Waals surface area contributed by atoms with Crippen molar-refractivity contribution < 1.29 is 0 Å². The van der Waals surface area contributed by atoms with Gasteiger partial charge in [-0.3, -0.25) is 0 Å². The van der Waals surface area contributed by atoms with Crippen LogP contribution in [0, 0.1) is 18.3 Å². The van der Waals surface area contributed by atoms with Crippen LogP contribution < -0.4 is 0 Å².